The Morgan fingerprint density at radius 2 is 1.76 bits per heavy atom. The molecule has 38 heavy (non-hydrogen) atoms. The van der Waals surface area contributed by atoms with E-state index < -0.39 is 22.2 Å². The molecule has 1 atom stereocenters. The minimum atomic E-state index is -3.79. The number of carboxylic acids is 1. The molecular formula is C29H32N2O6S. The highest BCUT2D eigenvalue weighted by molar-refractivity contribution is 7.92. The molecular weight excluding hydrogens is 504 g/mol. The largest absolute Gasteiger partial charge is 0.478 e. The number of carboxylic acid groups (broad SMARTS) is 1. The summed E-state index contributed by atoms with van der Waals surface area (Å²) < 4.78 is 28.1. The lowest BCUT2D eigenvalue weighted by atomic mass is 10.0. The van der Waals surface area contributed by atoms with Crippen molar-refractivity contribution in [3.05, 3.63) is 88.5 Å². The number of hydrogen-bond acceptors (Lipinski definition) is 6. The molecule has 1 aliphatic rings. The summed E-state index contributed by atoms with van der Waals surface area (Å²) in [7, 11) is -3.79. The number of nitrogens with zero attached hydrogens (tertiary/aromatic N) is 1. The number of Topliss-reactive ketones (excluding diaryl/α,β-unsaturated/α-hetero) is 1. The van der Waals surface area contributed by atoms with Gasteiger partial charge in [0.2, 0.25) is 0 Å². The predicted octanol–water partition coefficient (Wildman–Crippen LogP) is 5.31. The van der Waals surface area contributed by atoms with E-state index in [2.05, 4.69) is 5.32 Å². The second-order valence-corrected chi connectivity index (χ2v) is 11.4. The van der Waals surface area contributed by atoms with E-state index in [0.717, 1.165) is 30.4 Å². The highest BCUT2D eigenvalue weighted by atomic mass is 32.2. The second-order valence-electron chi connectivity index (χ2n) is 9.52. The first-order valence-electron chi connectivity index (χ1n) is 12.7. The molecule has 0 spiro atoms. The number of hydrogen-bond donors (Lipinski definition) is 3. The van der Waals surface area contributed by atoms with Gasteiger partial charge in [0.05, 0.1) is 21.8 Å². The number of aryl methyl sites for hydroxylation is 1. The van der Waals surface area contributed by atoms with Gasteiger partial charge in [0, 0.05) is 24.1 Å². The summed E-state index contributed by atoms with van der Waals surface area (Å²) in [4.78, 5) is 24.4. The first-order chi connectivity index (χ1) is 18.1. The Kier molecular flexibility index (Phi) is 8.18. The van der Waals surface area contributed by atoms with Crippen molar-refractivity contribution in [3.63, 3.8) is 0 Å². The molecule has 200 valence electrons. The zero-order chi connectivity index (χ0) is 27.4. The van der Waals surface area contributed by atoms with Crippen LogP contribution in [0.1, 0.15) is 76.2 Å². The standard InChI is InChI=1S/C29H32N2O6S/c1-3-4-5-6-27(32)22-11-14-25(24(18-22)29(34)35)30-28(33)21-9-12-23(13-10-21)38(36,37)31-16-15-20-8-7-19(2)17-26(20)31/h7-14,17-18,28,30,33H,3-6,15-16H2,1-2H3,(H,34,35). The fraction of sp³-hybridized carbons (Fsp3) is 0.310. The van der Waals surface area contributed by atoms with E-state index in [1.54, 1.807) is 6.07 Å². The van der Waals surface area contributed by atoms with E-state index >= 15 is 0 Å². The summed E-state index contributed by atoms with van der Waals surface area (Å²) in [6.45, 7) is 4.32. The minimum absolute atomic E-state index is 0.0972. The molecule has 0 radical (unpaired) electrons. The maximum absolute atomic E-state index is 13.3. The number of rotatable bonds is 11. The molecule has 0 aromatic heterocycles. The first-order valence-corrected chi connectivity index (χ1v) is 14.1. The predicted molar refractivity (Wildman–Crippen MR) is 146 cm³/mol. The van der Waals surface area contributed by atoms with Gasteiger partial charge in [-0.2, -0.15) is 0 Å². The molecule has 0 bridgehead atoms. The van der Waals surface area contributed by atoms with Crippen LogP contribution in [0.2, 0.25) is 0 Å². The van der Waals surface area contributed by atoms with Gasteiger partial charge >= 0.3 is 5.97 Å². The monoisotopic (exact) mass is 536 g/mol. The van der Waals surface area contributed by atoms with Gasteiger partial charge in [-0.3, -0.25) is 9.10 Å². The van der Waals surface area contributed by atoms with Gasteiger partial charge in [-0.05, 0) is 67.3 Å². The highest BCUT2D eigenvalue weighted by Crippen LogP contribution is 2.34. The van der Waals surface area contributed by atoms with Gasteiger partial charge in [-0.1, -0.05) is 44.0 Å². The smallest absolute Gasteiger partial charge is 0.337 e. The number of nitrogens with one attached hydrogen (secondary N) is 1. The van der Waals surface area contributed by atoms with Crippen molar-refractivity contribution in [2.75, 3.05) is 16.2 Å². The van der Waals surface area contributed by atoms with Crippen LogP contribution < -0.4 is 9.62 Å². The molecule has 1 heterocycles. The van der Waals surface area contributed by atoms with Crippen LogP contribution in [-0.2, 0) is 16.4 Å². The van der Waals surface area contributed by atoms with Crippen LogP contribution in [0.4, 0.5) is 11.4 Å². The summed E-state index contributed by atoms with van der Waals surface area (Å²) in [5, 5.41) is 23.2. The Hall–Kier alpha value is -3.69. The molecule has 3 aromatic rings. The lowest BCUT2D eigenvalue weighted by Crippen LogP contribution is -2.29. The highest BCUT2D eigenvalue weighted by Gasteiger charge is 2.31. The third-order valence-electron chi connectivity index (χ3n) is 6.75. The van der Waals surface area contributed by atoms with Crippen molar-refractivity contribution in [2.45, 2.75) is 57.1 Å². The number of unbranched alkanes of at least 4 members (excludes halogenated alkanes) is 2. The number of anilines is 2. The fourth-order valence-corrected chi connectivity index (χ4v) is 6.08. The number of sulfonamides is 1. The number of aliphatic hydroxyl groups is 1. The molecule has 3 aromatic carbocycles. The zero-order valence-electron chi connectivity index (χ0n) is 21.5. The average Bonchev–Trinajstić information content (AvgIpc) is 3.32. The van der Waals surface area contributed by atoms with Crippen molar-refractivity contribution in [2.24, 2.45) is 0 Å². The topological polar surface area (TPSA) is 124 Å². The van der Waals surface area contributed by atoms with Gasteiger partial charge in [-0.15, -0.1) is 0 Å². The molecule has 0 saturated heterocycles. The maximum Gasteiger partial charge on any atom is 0.337 e. The van der Waals surface area contributed by atoms with Gasteiger partial charge in [0.15, 0.2) is 12.0 Å². The minimum Gasteiger partial charge on any atom is -0.478 e. The van der Waals surface area contributed by atoms with Crippen LogP contribution in [-0.4, -0.2) is 36.9 Å². The Morgan fingerprint density at radius 1 is 1.03 bits per heavy atom. The molecule has 8 nitrogen and oxygen atoms in total. The molecule has 3 N–H and O–H groups in total. The number of fused-ring (bicyclic) bond motifs is 1. The lowest BCUT2D eigenvalue weighted by Gasteiger charge is -2.21. The Balaban J connectivity index is 1.50. The molecule has 0 aliphatic carbocycles. The van der Waals surface area contributed by atoms with E-state index in [0.29, 0.717) is 36.2 Å². The van der Waals surface area contributed by atoms with Crippen molar-refractivity contribution in [3.8, 4) is 0 Å². The summed E-state index contributed by atoms with van der Waals surface area (Å²) in [6.07, 6.45) is 2.34. The van der Waals surface area contributed by atoms with E-state index in [-0.39, 0.29) is 21.9 Å². The van der Waals surface area contributed by atoms with E-state index in [4.69, 9.17) is 0 Å². The van der Waals surface area contributed by atoms with Crippen LogP contribution in [0.5, 0.6) is 0 Å². The molecule has 9 heteroatoms. The third kappa shape index (κ3) is 5.74. The van der Waals surface area contributed by atoms with Gasteiger partial charge in [-0.25, -0.2) is 13.2 Å². The number of aliphatic hydroxyl groups excluding tert-OH is 1. The van der Waals surface area contributed by atoms with Crippen LogP contribution in [0, 0.1) is 6.92 Å². The number of carbonyl (C=O) groups is 2. The molecule has 1 unspecified atom stereocenters. The van der Waals surface area contributed by atoms with Gasteiger partial charge in [0.25, 0.3) is 10.0 Å². The quantitative estimate of drug-likeness (QED) is 0.172. The third-order valence-corrected chi connectivity index (χ3v) is 8.58. The molecule has 1 aliphatic heterocycles. The number of carbonyl (C=O) groups excluding carboxylic acids is 1. The summed E-state index contributed by atoms with van der Waals surface area (Å²) in [6, 6.07) is 15.9. The van der Waals surface area contributed by atoms with Crippen molar-refractivity contribution in [1.29, 1.82) is 0 Å². The molecule has 0 saturated carbocycles. The summed E-state index contributed by atoms with van der Waals surface area (Å²) >= 11 is 0. The fourth-order valence-electron chi connectivity index (χ4n) is 4.59. The second kappa shape index (κ2) is 11.4. The first kappa shape index (κ1) is 27.3. The molecule has 4 rings (SSSR count). The maximum atomic E-state index is 13.3. The van der Waals surface area contributed by atoms with Gasteiger partial charge < -0.3 is 15.5 Å². The van der Waals surface area contributed by atoms with Crippen molar-refractivity contribution in [1.82, 2.24) is 0 Å². The van der Waals surface area contributed by atoms with E-state index in [9.17, 15) is 28.2 Å². The SMILES string of the molecule is CCCCCC(=O)c1ccc(NC(O)c2ccc(S(=O)(=O)N3CCc4ccc(C)cc43)cc2)c(C(=O)O)c1. The summed E-state index contributed by atoms with van der Waals surface area (Å²) in [5.41, 5.74) is 3.33. The summed E-state index contributed by atoms with van der Waals surface area (Å²) in [5.74, 6) is -1.36. The van der Waals surface area contributed by atoms with Crippen LogP contribution >= 0.6 is 0 Å². The van der Waals surface area contributed by atoms with Crippen molar-refractivity contribution >= 4 is 33.2 Å². The average molecular weight is 537 g/mol. The van der Waals surface area contributed by atoms with Gasteiger partial charge in [0.1, 0.15) is 0 Å². The lowest BCUT2D eigenvalue weighted by molar-refractivity contribution is 0.0697. The van der Waals surface area contributed by atoms with Crippen LogP contribution in [0.15, 0.2) is 65.6 Å². The number of aromatic carboxylic acids is 1. The van der Waals surface area contributed by atoms with E-state index in [1.165, 1.54) is 40.7 Å². The number of benzene rings is 3. The van der Waals surface area contributed by atoms with Crippen molar-refractivity contribution < 1.29 is 28.2 Å². The van der Waals surface area contributed by atoms with E-state index in [1.807, 2.05) is 32.0 Å². The zero-order valence-corrected chi connectivity index (χ0v) is 22.3. The molecule has 0 amide bonds. The molecule has 0 fully saturated rings. The number of ketones is 1. The Morgan fingerprint density at radius 3 is 2.45 bits per heavy atom. The Bertz CT molecular complexity index is 1450. The van der Waals surface area contributed by atoms with Crippen LogP contribution in [0.3, 0.4) is 0 Å². The van der Waals surface area contributed by atoms with Crippen LogP contribution in [0.25, 0.3) is 0 Å². The Labute approximate surface area is 223 Å². The normalized spacial score (nSPS) is 13.7.